The summed E-state index contributed by atoms with van der Waals surface area (Å²) in [6.07, 6.45) is 3.03. The van der Waals surface area contributed by atoms with Crippen LogP contribution in [0.25, 0.3) is 22.4 Å². The molecule has 4 rings (SSSR count). The third-order valence-electron chi connectivity index (χ3n) is 5.62. The van der Waals surface area contributed by atoms with E-state index in [-0.39, 0.29) is 39.2 Å². The zero-order chi connectivity index (χ0) is 23.7. The first-order valence-electron chi connectivity index (χ1n) is 10.4. The number of fused-ring (bicyclic) bond motifs is 1. The third-order valence-corrected chi connectivity index (χ3v) is 6.58. The number of benzene rings is 1. The normalized spacial score (nSPS) is 13.9. The Morgan fingerprint density at radius 3 is 2.55 bits per heavy atom. The van der Waals surface area contributed by atoms with Gasteiger partial charge in [0.2, 0.25) is 5.91 Å². The Bertz CT molecular complexity index is 1380. The quantitative estimate of drug-likeness (QED) is 0.238. The number of non-ortho nitro benzene ring substituents is 1. The summed E-state index contributed by atoms with van der Waals surface area (Å²) in [5.41, 5.74) is -0.789. The largest absolute Gasteiger partial charge is 0.342 e. The lowest BCUT2D eigenvalue weighted by molar-refractivity contribution is -0.384. The van der Waals surface area contributed by atoms with Crippen LogP contribution in [0.3, 0.4) is 0 Å². The molecule has 0 spiro atoms. The number of nitro benzene ring substituents is 1. The van der Waals surface area contributed by atoms with Crippen molar-refractivity contribution in [1.29, 1.82) is 0 Å². The van der Waals surface area contributed by atoms with Gasteiger partial charge in [-0.15, -0.1) is 0 Å². The molecule has 172 valence electrons. The predicted octanol–water partition coefficient (Wildman–Crippen LogP) is 1.71. The number of hydrogen-bond acceptors (Lipinski definition) is 8. The zero-order valence-corrected chi connectivity index (χ0v) is 19.0. The van der Waals surface area contributed by atoms with Crippen molar-refractivity contribution in [3.8, 4) is 11.4 Å². The van der Waals surface area contributed by atoms with E-state index in [0.29, 0.717) is 18.7 Å². The number of rotatable bonds is 5. The summed E-state index contributed by atoms with van der Waals surface area (Å²) in [5, 5.41) is 11.6. The molecule has 0 atom stereocenters. The van der Waals surface area contributed by atoms with Gasteiger partial charge >= 0.3 is 5.69 Å². The van der Waals surface area contributed by atoms with Gasteiger partial charge in [0.15, 0.2) is 11.5 Å². The van der Waals surface area contributed by atoms with Crippen LogP contribution in [0.1, 0.15) is 19.3 Å². The van der Waals surface area contributed by atoms with Gasteiger partial charge in [-0.05, 0) is 19.3 Å². The number of aryl methyl sites for hydroxylation is 1. The highest BCUT2D eigenvalue weighted by molar-refractivity contribution is 8.00. The van der Waals surface area contributed by atoms with Gasteiger partial charge in [-0.1, -0.05) is 23.9 Å². The summed E-state index contributed by atoms with van der Waals surface area (Å²) in [6.45, 7) is 1.41. The SMILES string of the molecule is Cn1c(=O)c2c(SCC(=O)N3CCCCC3)nc(-c3cccc([N+](=O)[O-])c3)nc2n(C)c1=O. The van der Waals surface area contributed by atoms with E-state index in [1.165, 1.54) is 36.9 Å². The molecule has 0 saturated carbocycles. The van der Waals surface area contributed by atoms with Gasteiger partial charge in [0.1, 0.15) is 10.4 Å². The molecule has 0 bridgehead atoms. The van der Waals surface area contributed by atoms with Gasteiger partial charge in [0.25, 0.3) is 11.2 Å². The van der Waals surface area contributed by atoms with Crippen molar-refractivity contribution in [3.05, 3.63) is 55.2 Å². The van der Waals surface area contributed by atoms with Crippen LogP contribution in [-0.4, -0.2) is 53.7 Å². The monoisotopic (exact) mass is 470 g/mol. The molecule has 1 aliphatic heterocycles. The Morgan fingerprint density at radius 2 is 1.85 bits per heavy atom. The Morgan fingerprint density at radius 1 is 1.12 bits per heavy atom. The Kier molecular flexibility index (Phi) is 6.27. The second kappa shape index (κ2) is 9.14. The molecule has 1 saturated heterocycles. The van der Waals surface area contributed by atoms with Gasteiger partial charge in [0, 0.05) is 44.9 Å². The molecule has 0 radical (unpaired) electrons. The molecular weight excluding hydrogens is 448 g/mol. The van der Waals surface area contributed by atoms with E-state index in [4.69, 9.17) is 0 Å². The minimum Gasteiger partial charge on any atom is -0.342 e. The number of piperidine rings is 1. The lowest BCUT2D eigenvalue weighted by atomic mass is 10.1. The van der Waals surface area contributed by atoms with Gasteiger partial charge in [0.05, 0.1) is 10.7 Å². The first-order valence-corrected chi connectivity index (χ1v) is 11.4. The second-order valence-corrected chi connectivity index (χ2v) is 8.76. The fourth-order valence-corrected chi connectivity index (χ4v) is 4.70. The number of thioether (sulfide) groups is 1. The van der Waals surface area contributed by atoms with Gasteiger partial charge in [-0.25, -0.2) is 14.8 Å². The first-order chi connectivity index (χ1) is 15.8. The zero-order valence-electron chi connectivity index (χ0n) is 18.2. The van der Waals surface area contributed by atoms with Crippen molar-refractivity contribution in [3.63, 3.8) is 0 Å². The molecule has 11 nitrogen and oxygen atoms in total. The molecule has 0 aliphatic carbocycles. The van der Waals surface area contributed by atoms with Crippen LogP contribution in [0.15, 0.2) is 38.9 Å². The van der Waals surface area contributed by atoms with E-state index in [1.807, 2.05) is 0 Å². The Hall–Kier alpha value is -3.54. The highest BCUT2D eigenvalue weighted by Gasteiger charge is 2.22. The smallest absolute Gasteiger partial charge is 0.332 e. The van der Waals surface area contributed by atoms with Crippen LogP contribution in [0.2, 0.25) is 0 Å². The third kappa shape index (κ3) is 4.38. The van der Waals surface area contributed by atoms with Crippen molar-refractivity contribution < 1.29 is 9.72 Å². The average Bonchev–Trinajstić information content (AvgIpc) is 2.84. The highest BCUT2D eigenvalue weighted by atomic mass is 32.2. The highest BCUT2D eigenvalue weighted by Crippen LogP contribution is 2.28. The number of aromatic nitrogens is 4. The average molecular weight is 471 g/mol. The van der Waals surface area contributed by atoms with Crippen LogP contribution in [0, 0.1) is 10.1 Å². The fraction of sp³-hybridized carbons (Fsp3) is 0.381. The van der Waals surface area contributed by atoms with E-state index in [2.05, 4.69) is 9.97 Å². The second-order valence-electron chi connectivity index (χ2n) is 7.79. The summed E-state index contributed by atoms with van der Waals surface area (Å²) in [7, 11) is 2.85. The Balaban J connectivity index is 1.83. The number of carbonyl (C=O) groups excluding carboxylic acids is 1. The lowest BCUT2D eigenvalue weighted by Crippen LogP contribution is -2.38. The molecule has 12 heteroatoms. The number of likely N-dealkylation sites (tertiary alicyclic amines) is 1. The molecule has 2 aromatic heterocycles. The van der Waals surface area contributed by atoms with E-state index in [1.54, 1.807) is 11.0 Å². The van der Waals surface area contributed by atoms with Crippen molar-refractivity contribution in [2.75, 3.05) is 18.8 Å². The molecule has 1 amide bonds. The van der Waals surface area contributed by atoms with Crippen molar-refractivity contribution in [1.82, 2.24) is 24.0 Å². The van der Waals surface area contributed by atoms with Crippen LogP contribution in [0.5, 0.6) is 0 Å². The minimum absolute atomic E-state index is 0.0509. The number of carbonyl (C=O) groups is 1. The summed E-state index contributed by atoms with van der Waals surface area (Å²) in [4.78, 5) is 59.5. The van der Waals surface area contributed by atoms with Crippen LogP contribution < -0.4 is 11.2 Å². The van der Waals surface area contributed by atoms with Crippen LogP contribution in [0.4, 0.5) is 5.69 Å². The number of hydrogen-bond donors (Lipinski definition) is 0. The maximum Gasteiger partial charge on any atom is 0.332 e. The van der Waals surface area contributed by atoms with E-state index >= 15 is 0 Å². The summed E-state index contributed by atoms with van der Waals surface area (Å²) >= 11 is 1.10. The fourth-order valence-electron chi connectivity index (χ4n) is 3.79. The summed E-state index contributed by atoms with van der Waals surface area (Å²) in [6, 6.07) is 5.80. The number of nitrogens with zero attached hydrogens (tertiary/aromatic N) is 6. The van der Waals surface area contributed by atoms with Gasteiger partial charge in [-0.2, -0.15) is 0 Å². The van der Waals surface area contributed by atoms with Crippen molar-refractivity contribution >= 4 is 34.4 Å². The molecule has 0 N–H and O–H groups in total. The Labute approximate surface area is 192 Å². The lowest BCUT2D eigenvalue weighted by Gasteiger charge is -2.26. The van der Waals surface area contributed by atoms with Crippen molar-refractivity contribution in [2.45, 2.75) is 24.3 Å². The summed E-state index contributed by atoms with van der Waals surface area (Å²) in [5.74, 6) is 0.152. The maximum atomic E-state index is 12.9. The maximum absolute atomic E-state index is 12.9. The van der Waals surface area contributed by atoms with Crippen LogP contribution >= 0.6 is 11.8 Å². The number of amides is 1. The molecular formula is C21H22N6O5S. The molecule has 33 heavy (non-hydrogen) atoms. The summed E-state index contributed by atoms with van der Waals surface area (Å²) < 4.78 is 2.20. The van der Waals surface area contributed by atoms with E-state index in [0.717, 1.165) is 35.6 Å². The number of nitro groups is 1. The van der Waals surface area contributed by atoms with Crippen molar-refractivity contribution in [2.24, 2.45) is 14.1 Å². The molecule has 3 aromatic rings. The van der Waals surface area contributed by atoms with E-state index in [9.17, 15) is 24.5 Å². The van der Waals surface area contributed by atoms with Gasteiger partial charge in [-0.3, -0.25) is 28.8 Å². The van der Waals surface area contributed by atoms with Gasteiger partial charge < -0.3 is 4.90 Å². The minimum atomic E-state index is -0.563. The predicted molar refractivity (Wildman–Crippen MR) is 123 cm³/mol. The topological polar surface area (TPSA) is 133 Å². The molecule has 1 aromatic carbocycles. The molecule has 1 fully saturated rings. The van der Waals surface area contributed by atoms with E-state index < -0.39 is 16.2 Å². The molecule has 0 unspecified atom stereocenters. The standard InChI is InChI=1S/C21H22N6O5S/c1-24-18-16(20(29)25(2)21(24)30)19(33-12-15(28)26-9-4-3-5-10-26)23-17(22-18)13-7-6-8-14(11-13)27(31)32/h6-8,11H,3-5,9-10,12H2,1-2H3. The van der Waals surface area contributed by atoms with Crippen LogP contribution in [-0.2, 0) is 18.9 Å². The first kappa shape index (κ1) is 22.6. The molecule has 1 aliphatic rings. The molecule has 3 heterocycles.